The molecule has 0 aromatic heterocycles. The van der Waals surface area contributed by atoms with Gasteiger partial charge in [0.15, 0.2) is 0 Å². The monoisotopic (exact) mass is 195 g/mol. The predicted molar refractivity (Wildman–Crippen MR) is 49.7 cm³/mol. The molecular formula is C9H9NO2S. The Bertz CT molecular complexity index is 417. The first-order valence-electron chi connectivity index (χ1n) is 3.74. The summed E-state index contributed by atoms with van der Waals surface area (Å²) >= 11 is 0. The summed E-state index contributed by atoms with van der Waals surface area (Å²) in [4.78, 5) is 3.21. The number of sulfone groups is 1. The van der Waals surface area contributed by atoms with E-state index in [-0.39, 0.29) is 4.90 Å². The second-order valence-corrected chi connectivity index (χ2v) is 4.83. The molecule has 0 amide bonds. The van der Waals surface area contributed by atoms with Crippen LogP contribution in [-0.2, 0) is 9.84 Å². The Balaban J connectivity index is 3.19. The van der Waals surface area contributed by atoms with Gasteiger partial charge in [0.1, 0.15) is 0 Å². The van der Waals surface area contributed by atoms with Crippen LogP contribution in [0.15, 0.2) is 35.2 Å². The SMILES string of the molecule is [C-]#[N+]C(C)S(=O)(=O)c1ccccc1. The van der Waals surface area contributed by atoms with E-state index >= 15 is 0 Å². The molecule has 0 aliphatic heterocycles. The Morgan fingerprint density at radius 2 is 1.85 bits per heavy atom. The summed E-state index contributed by atoms with van der Waals surface area (Å²) in [6, 6.07) is 8.02. The Kier molecular flexibility index (Phi) is 2.69. The minimum atomic E-state index is -3.44. The average molecular weight is 195 g/mol. The van der Waals surface area contributed by atoms with E-state index in [2.05, 4.69) is 4.85 Å². The van der Waals surface area contributed by atoms with Crippen molar-refractivity contribution in [3.05, 3.63) is 41.7 Å². The van der Waals surface area contributed by atoms with Crippen molar-refractivity contribution < 1.29 is 8.42 Å². The van der Waals surface area contributed by atoms with Crippen molar-refractivity contribution in [2.45, 2.75) is 17.2 Å². The van der Waals surface area contributed by atoms with Gasteiger partial charge in [0, 0.05) is 6.92 Å². The summed E-state index contributed by atoms with van der Waals surface area (Å²) in [7, 11) is -3.44. The molecule has 0 aliphatic rings. The van der Waals surface area contributed by atoms with Crippen molar-refractivity contribution in [2.24, 2.45) is 0 Å². The summed E-state index contributed by atoms with van der Waals surface area (Å²) in [6.45, 7) is 8.04. The number of hydrogen-bond acceptors (Lipinski definition) is 2. The summed E-state index contributed by atoms with van der Waals surface area (Å²) in [5.74, 6) is 0. The fourth-order valence-electron chi connectivity index (χ4n) is 0.877. The van der Waals surface area contributed by atoms with Crippen LogP contribution in [0.25, 0.3) is 4.85 Å². The number of hydrogen-bond donors (Lipinski definition) is 0. The minimum Gasteiger partial charge on any atom is -0.296 e. The lowest BCUT2D eigenvalue weighted by atomic mass is 10.4. The molecule has 0 saturated heterocycles. The summed E-state index contributed by atoms with van der Waals surface area (Å²) in [5, 5.41) is -1.00. The van der Waals surface area contributed by atoms with Gasteiger partial charge in [0.2, 0.25) is 0 Å². The van der Waals surface area contributed by atoms with Crippen LogP contribution in [0.5, 0.6) is 0 Å². The molecule has 0 spiro atoms. The van der Waals surface area contributed by atoms with Gasteiger partial charge in [-0.3, -0.25) is 4.85 Å². The first-order chi connectivity index (χ1) is 6.09. The Hall–Kier alpha value is -1.34. The van der Waals surface area contributed by atoms with Crippen molar-refractivity contribution in [2.75, 3.05) is 0 Å². The molecule has 1 unspecified atom stereocenters. The van der Waals surface area contributed by atoms with E-state index in [1.165, 1.54) is 19.1 Å². The van der Waals surface area contributed by atoms with Crippen LogP contribution < -0.4 is 0 Å². The summed E-state index contributed by atoms with van der Waals surface area (Å²) in [6.07, 6.45) is 0. The lowest BCUT2D eigenvalue weighted by Crippen LogP contribution is -2.13. The van der Waals surface area contributed by atoms with Gasteiger partial charge in [-0.1, -0.05) is 18.2 Å². The van der Waals surface area contributed by atoms with Crippen LogP contribution in [0.4, 0.5) is 0 Å². The lowest BCUT2D eigenvalue weighted by molar-refractivity contribution is 0.591. The summed E-state index contributed by atoms with van der Waals surface area (Å²) in [5.41, 5.74) is 0. The zero-order valence-electron chi connectivity index (χ0n) is 7.14. The fraction of sp³-hybridized carbons (Fsp3) is 0.222. The third-order valence-electron chi connectivity index (χ3n) is 1.70. The van der Waals surface area contributed by atoms with E-state index in [0.29, 0.717) is 0 Å². The van der Waals surface area contributed by atoms with Crippen LogP contribution in [-0.4, -0.2) is 13.8 Å². The van der Waals surface area contributed by atoms with Gasteiger partial charge in [0.25, 0.3) is 9.84 Å². The highest BCUT2D eigenvalue weighted by atomic mass is 32.2. The molecule has 0 saturated carbocycles. The number of rotatable bonds is 2. The molecule has 1 aromatic rings. The molecule has 0 N–H and O–H groups in total. The maximum atomic E-state index is 11.5. The molecule has 0 fully saturated rings. The summed E-state index contributed by atoms with van der Waals surface area (Å²) < 4.78 is 23.1. The van der Waals surface area contributed by atoms with Gasteiger partial charge in [-0.2, -0.15) is 0 Å². The quantitative estimate of drug-likeness (QED) is 0.674. The zero-order chi connectivity index (χ0) is 9.90. The first-order valence-corrected chi connectivity index (χ1v) is 5.29. The largest absolute Gasteiger partial charge is 0.322 e. The first kappa shape index (κ1) is 9.75. The van der Waals surface area contributed by atoms with E-state index < -0.39 is 15.2 Å². The Morgan fingerprint density at radius 1 is 1.31 bits per heavy atom. The van der Waals surface area contributed by atoms with Crippen molar-refractivity contribution >= 4 is 9.84 Å². The highest BCUT2D eigenvalue weighted by molar-refractivity contribution is 7.92. The van der Waals surface area contributed by atoms with Crippen molar-refractivity contribution in [3.63, 3.8) is 0 Å². The third kappa shape index (κ3) is 1.87. The van der Waals surface area contributed by atoms with Gasteiger partial charge in [-0.25, -0.2) is 15.0 Å². The van der Waals surface area contributed by atoms with E-state index in [1.54, 1.807) is 18.2 Å². The van der Waals surface area contributed by atoms with E-state index in [0.717, 1.165) is 0 Å². The molecular weight excluding hydrogens is 186 g/mol. The van der Waals surface area contributed by atoms with Crippen molar-refractivity contribution in [1.82, 2.24) is 0 Å². The van der Waals surface area contributed by atoms with Crippen LogP contribution in [0.2, 0.25) is 0 Å². The highest BCUT2D eigenvalue weighted by Gasteiger charge is 2.26. The molecule has 0 aliphatic carbocycles. The zero-order valence-corrected chi connectivity index (χ0v) is 7.95. The van der Waals surface area contributed by atoms with E-state index in [1.807, 2.05) is 0 Å². The van der Waals surface area contributed by atoms with Gasteiger partial charge >= 0.3 is 5.37 Å². The number of nitrogens with zero attached hydrogens (tertiary/aromatic N) is 1. The Morgan fingerprint density at radius 3 is 2.31 bits per heavy atom. The molecule has 13 heavy (non-hydrogen) atoms. The molecule has 0 heterocycles. The standard InChI is InChI=1S/C9H9NO2S/c1-8(10-2)13(11,12)9-6-4-3-5-7-9/h3-8H,1H3. The second kappa shape index (κ2) is 3.58. The lowest BCUT2D eigenvalue weighted by Gasteiger charge is -2.01. The fourth-order valence-corrected chi connectivity index (χ4v) is 1.95. The maximum absolute atomic E-state index is 11.5. The molecule has 1 atom stereocenters. The number of benzene rings is 1. The van der Waals surface area contributed by atoms with Gasteiger partial charge in [0.05, 0.1) is 4.90 Å². The van der Waals surface area contributed by atoms with Gasteiger partial charge in [-0.05, 0) is 12.1 Å². The Labute approximate surface area is 77.8 Å². The van der Waals surface area contributed by atoms with E-state index in [4.69, 9.17) is 6.57 Å². The van der Waals surface area contributed by atoms with Crippen LogP contribution in [0, 0.1) is 6.57 Å². The highest BCUT2D eigenvalue weighted by Crippen LogP contribution is 2.15. The van der Waals surface area contributed by atoms with Crippen molar-refractivity contribution in [3.8, 4) is 0 Å². The molecule has 3 nitrogen and oxygen atoms in total. The van der Waals surface area contributed by atoms with Crippen LogP contribution in [0.1, 0.15) is 6.92 Å². The van der Waals surface area contributed by atoms with Gasteiger partial charge < -0.3 is 0 Å². The molecule has 4 heteroatoms. The van der Waals surface area contributed by atoms with Crippen LogP contribution in [0.3, 0.4) is 0 Å². The van der Waals surface area contributed by atoms with Crippen molar-refractivity contribution in [1.29, 1.82) is 0 Å². The van der Waals surface area contributed by atoms with Gasteiger partial charge in [-0.15, -0.1) is 0 Å². The van der Waals surface area contributed by atoms with Crippen LogP contribution >= 0.6 is 0 Å². The topological polar surface area (TPSA) is 38.5 Å². The molecule has 1 aromatic carbocycles. The average Bonchev–Trinajstić information content (AvgIpc) is 2.18. The molecule has 0 bridgehead atoms. The predicted octanol–water partition coefficient (Wildman–Crippen LogP) is 1.73. The second-order valence-electron chi connectivity index (χ2n) is 2.59. The molecule has 0 radical (unpaired) electrons. The maximum Gasteiger partial charge on any atom is 0.322 e. The molecule has 1 rings (SSSR count). The smallest absolute Gasteiger partial charge is 0.296 e. The molecule has 68 valence electrons. The minimum absolute atomic E-state index is 0.207. The third-order valence-corrected chi connectivity index (χ3v) is 3.64. The normalized spacial score (nSPS) is 13.2. The van der Waals surface area contributed by atoms with E-state index in [9.17, 15) is 8.42 Å².